The van der Waals surface area contributed by atoms with Gasteiger partial charge in [-0.1, -0.05) is 12.1 Å². The number of hydrogen-bond donors (Lipinski definition) is 2. The van der Waals surface area contributed by atoms with E-state index in [0.717, 1.165) is 43.2 Å². The van der Waals surface area contributed by atoms with Crippen LogP contribution >= 0.6 is 0 Å². The monoisotopic (exact) mass is 410 g/mol. The van der Waals surface area contributed by atoms with Gasteiger partial charge in [-0.3, -0.25) is 14.5 Å². The van der Waals surface area contributed by atoms with Crippen molar-refractivity contribution >= 4 is 17.5 Å². The molecule has 2 aliphatic heterocycles. The summed E-state index contributed by atoms with van der Waals surface area (Å²) >= 11 is 0. The first-order valence-electron chi connectivity index (χ1n) is 10.4. The Morgan fingerprint density at radius 3 is 2.33 bits per heavy atom. The zero-order valence-corrected chi connectivity index (χ0v) is 17.2. The summed E-state index contributed by atoms with van der Waals surface area (Å²) in [5, 5.41) is 9.46. The highest BCUT2D eigenvalue weighted by Gasteiger charge is 2.45. The summed E-state index contributed by atoms with van der Waals surface area (Å²) in [6.45, 7) is 3.70. The maximum Gasteiger partial charge on any atom is 0.288 e. The highest BCUT2D eigenvalue weighted by atomic mass is 16.5. The fourth-order valence-corrected chi connectivity index (χ4v) is 4.33. The molecular weight excluding hydrogens is 382 g/mol. The molecule has 2 aromatic carbocycles. The highest BCUT2D eigenvalue weighted by Crippen LogP contribution is 2.19. The molecular formula is C23H28N3O4+. The zero-order chi connectivity index (χ0) is 21.1. The number of nitrogens with zero attached hydrogens (tertiary/aromatic N) is 2. The van der Waals surface area contributed by atoms with Gasteiger partial charge >= 0.3 is 0 Å². The first-order valence-corrected chi connectivity index (χ1v) is 10.4. The summed E-state index contributed by atoms with van der Waals surface area (Å²) in [7, 11) is 1.63. The predicted molar refractivity (Wildman–Crippen MR) is 113 cm³/mol. The number of carbonyl (C=O) groups excluding carboxylic acids is 2. The van der Waals surface area contributed by atoms with E-state index in [9.17, 15) is 14.7 Å². The lowest BCUT2D eigenvalue weighted by Gasteiger charge is -2.35. The van der Waals surface area contributed by atoms with Crippen molar-refractivity contribution < 1.29 is 24.3 Å². The van der Waals surface area contributed by atoms with E-state index in [2.05, 4.69) is 4.90 Å². The van der Waals surface area contributed by atoms with E-state index >= 15 is 0 Å². The third kappa shape index (κ3) is 4.26. The van der Waals surface area contributed by atoms with E-state index in [-0.39, 0.29) is 23.6 Å². The molecule has 0 unspecified atom stereocenters. The molecule has 1 atom stereocenters. The lowest BCUT2D eigenvalue weighted by Crippen LogP contribution is -3.19. The molecule has 2 aromatic rings. The summed E-state index contributed by atoms with van der Waals surface area (Å²) in [5.41, 5.74) is 2.15. The van der Waals surface area contributed by atoms with E-state index in [4.69, 9.17) is 4.74 Å². The number of phenols is 1. The third-order valence-electron chi connectivity index (χ3n) is 6.14. The molecule has 30 heavy (non-hydrogen) atoms. The number of carbonyl (C=O) groups is 2. The molecule has 4 rings (SSSR count). The van der Waals surface area contributed by atoms with Crippen LogP contribution < -0.4 is 14.5 Å². The molecule has 7 nitrogen and oxygen atoms in total. The maximum absolute atomic E-state index is 12.9. The summed E-state index contributed by atoms with van der Waals surface area (Å²) in [6, 6.07) is 14.6. The van der Waals surface area contributed by atoms with Crippen molar-refractivity contribution in [3.8, 4) is 11.5 Å². The predicted octanol–water partition coefficient (Wildman–Crippen LogP) is 0.476. The van der Waals surface area contributed by atoms with Crippen LogP contribution in [0.4, 0.5) is 5.69 Å². The van der Waals surface area contributed by atoms with Crippen LogP contribution in [0.25, 0.3) is 0 Å². The van der Waals surface area contributed by atoms with Crippen molar-refractivity contribution in [3.05, 3.63) is 54.1 Å². The van der Waals surface area contributed by atoms with Crippen molar-refractivity contribution in [2.75, 3.05) is 44.7 Å². The average molecular weight is 410 g/mol. The van der Waals surface area contributed by atoms with Crippen molar-refractivity contribution in [2.24, 2.45) is 0 Å². The Kier molecular flexibility index (Phi) is 5.90. The van der Waals surface area contributed by atoms with Crippen LogP contribution in [0.15, 0.2) is 48.5 Å². The number of imide groups is 1. The van der Waals surface area contributed by atoms with Gasteiger partial charge in [-0.05, 0) is 48.4 Å². The van der Waals surface area contributed by atoms with E-state index in [1.807, 2.05) is 36.4 Å². The number of piperazine rings is 1. The number of likely N-dealkylation sites (tertiary alicyclic amines) is 1. The Hall–Kier alpha value is -3.06. The first kappa shape index (κ1) is 20.2. The Bertz CT molecular complexity index is 890. The van der Waals surface area contributed by atoms with Crippen LogP contribution in [0.5, 0.6) is 11.5 Å². The summed E-state index contributed by atoms with van der Waals surface area (Å²) < 4.78 is 5.17. The van der Waals surface area contributed by atoms with Gasteiger partial charge in [0, 0.05) is 12.2 Å². The molecule has 7 heteroatoms. The Balaban J connectivity index is 1.32. The SMILES string of the molecule is COc1ccc(CCN2C(=O)C[C@@H]([NH+]3CCN(c4ccc(O)cc4)CC3)C2=O)cc1. The molecule has 0 aromatic heterocycles. The quantitative estimate of drug-likeness (QED) is 0.678. The number of ether oxygens (including phenoxy) is 1. The number of rotatable bonds is 6. The van der Waals surface area contributed by atoms with Gasteiger partial charge in [0.1, 0.15) is 11.5 Å². The molecule has 0 aliphatic carbocycles. The first-order chi connectivity index (χ1) is 14.5. The van der Waals surface area contributed by atoms with E-state index in [1.165, 1.54) is 9.80 Å². The minimum atomic E-state index is -0.268. The topological polar surface area (TPSA) is 74.5 Å². The van der Waals surface area contributed by atoms with E-state index < -0.39 is 0 Å². The lowest BCUT2D eigenvalue weighted by molar-refractivity contribution is -0.915. The third-order valence-corrected chi connectivity index (χ3v) is 6.14. The molecule has 2 N–H and O–H groups in total. The van der Waals surface area contributed by atoms with Gasteiger partial charge in [-0.2, -0.15) is 0 Å². The molecule has 2 aliphatic rings. The number of methoxy groups -OCH3 is 1. The minimum Gasteiger partial charge on any atom is -0.508 e. The number of phenolic OH excluding ortho intramolecular Hbond substituents is 1. The molecule has 0 bridgehead atoms. The number of hydrogen-bond acceptors (Lipinski definition) is 5. The number of benzene rings is 2. The van der Waals surface area contributed by atoms with Crippen molar-refractivity contribution in [3.63, 3.8) is 0 Å². The summed E-state index contributed by atoms with van der Waals surface area (Å²) in [5.74, 6) is 0.948. The van der Waals surface area contributed by atoms with Gasteiger partial charge in [0.05, 0.1) is 39.7 Å². The van der Waals surface area contributed by atoms with Crippen LogP contribution in [0, 0.1) is 0 Å². The van der Waals surface area contributed by atoms with Crippen LogP contribution in [-0.2, 0) is 16.0 Å². The molecule has 0 spiro atoms. The molecule has 158 valence electrons. The fraction of sp³-hybridized carbons (Fsp3) is 0.391. The summed E-state index contributed by atoms with van der Waals surface area (Å²) in [6.07, 6.45) is 0.953. The maximum atomic E-state index is 12.9. The standard InChI is InChI=1S/C23H27N3O4/c1-30-20-8-2-17(3-9-20)10-11-26-22(28)16-21(23(26)29)25-14-12-24(13-15-25)18-4-6-19(27)7-5-18/h2-9,21,27H,10-16H2,1H3/p+1/t21-/m1/s1. The lowest BCUT2D eigenvalue weighted by atomic mass is 10.1. The Morgan fingerprint density at radius 2 is 1.70 bits per heavy atom. The number of aromatic hydroxyl groups is 1. The van der Waals surface area contributed by atoms with E-state index in [0.29, 0.717) is 19.4 Å². The van der Waals surface area contributed by atoms with Crippen molar-refractivity contribution in [1.29, 1.82) is 0 Å². The second kappa shape index (κ2) is 8.75. The summed E-state index contributed by atoms with van der Waals surface area (Å²) in [4.78, 5) is 30.3. The number of quaternary nitrogens is 1. The van der Waals surface area contributed by atoms with Crippen LogP contribution in [0.2, 0.25) is 0 Å². The molecule has 2 heterocycles. The number of nitrogens with one attached hydrogen (secondary N) is 1. The van der Waals surface area contributed by atoms with Crippen LogP contribution in [0.1, 0.15) is 12.0 Å². The highest BCUT2D eigenvalue weighted by molar-refractivity contribution is 6.04. The van der Waals surface area contributed by atoms with Gasteiger partial charge in [-0.25, -0.2) is 0 Å². The Morgan fingerprint density at radius 1 is 1.03 bits per heavy atom. The number of amides is 2. The van der Waals surface area contributed by atoms with Gasteiger partial charge in [0.25, 0.3) is 5.91 Å². The fourth-order valence-electron chi connectivity index (χ4n) is 4.33. The normalized spacial score (nSPS) is 20.1. The second-order valence-electron chi connectivity index (χ2n) is 7.90. The van der Waals surface area contributed by atoms with Crippen LogP contribution in [-0.4, -0.2) is 67.7 Å². The van der Waals surface area contributed by atoms with Gasteiger partial charge in [-0.15, -0.1) is 0 Å². The largest absolute Gasteiger partial charge is 0.508 e. The van der Waals surface area contributed by atoms with Gasteiger partial charge < -0.3 is 19.6 Å². The molecule has 0 saturated carbocycles. The van der Waals surface area contributed by atoms with E-state index in [1.54, 1.807) is 19.2 Å². The van der Waals surface area contributed by atoms with Crippen molar-refractivity contribution in [2.45, 2.75) is 18.9 Å². The van der Waals surface area contributed by atoms with Gasteiger partial charge in [0.2, 0.25) is 5.91 Å². The molecule has 2 saturated heterocycles. The molecule has 2 fully saturated rings. The van der Waals surface area contributed by atoms with Crippen molar-refractivity contribution in [1.82, 2.24) is 4.90 Å². The Labute approximate surface area is 176 Å². The van der Waals surface area contributed by atoms with Crippen LogP contribution in [0.3, 0.4) is 0 Å². The zero-order valence-electron chi connectivity index (χ0n) is 17.2. The minimum absolute atomic E-state index is 0.0402. The smallest absolute Gasteiger partial charge is 0.288 e. The van der Waals surface area contributed by atoms with Gasteiger partial charge in [0.15, 0.2) is 6.04 Å². The molecule has 2 amide bonds. The second-order valence-corrected chi connectivity index (χ2v) is 7.90. The average Bonchev–Trinajstić information content (AvgIpc) is 3.06. The molecule has 0 radical (unpaired) electrons. The number of anilines is 1.